The molecule has 0 bridgehead atoms. The standard InChI is InChI=1S/C28H33NO2/c30-25-16-12-21(13-17-25)28(22-14-18-26(31)19-15-22)27-11-7-6-8-23(27)20-29-24-9-4-2-1-3-5-10-24/h6-8,11-19,24,28-31H,1-5,9-10,20H2. The van der Waals surface area contributed by atoms with Crippen molar-refractivity contribution >= 4 is 0 Å². The van der Waals surface area contributed by atoms with E-state index in [4.69, 9.17) is 0 Å². The number of phenols is 2. The summed E-state index contributed by atoms with van der Waals surface area (Å²) in [6, 6.07) is 24.2. The van der Waals surface area contributed by atoms with E-state index in [9.17, 15) is 10.2 Å². The molecule has 3 aromatic rings. The highest BCUT2D eigenvalue weighted by Gasteiger charge is 2.20. The van der Waals surface area contributed by atoms with E-state index < -0.39 is 0 Å². The Labute approximate surface area is 185 Å². The Kier molecular flexibility index (Phi) is 7.26. The van der Waals surface area contributed by atoms with Crippen molar-refractivity contribution in [1.82, 2.24) is 5.32 Å². The monoisotopic (exact) mass is 415 g/mol. The molecule has 0 unspecified atom stereocenters. The van der Waals surface area contributed by atoms with Gasteiger partial charge in [0.2, 0.25) is 0 Å². The maximum atomic E-state index is 9.80. The van der Waals surface area contributed by atoms with Gasteiger partial charge in [-0.25, -0.2) is 0 Å². The predicted octanol–water partition coefficient (Wildman–Crippen LogP) is 6.48. The van der Waals surface area contributed by atoms with E-state index in [0.717, 1.165) is 17.7 Å². The smallest absolute Gasteiger partial charge is 0.115 e. The number of rotatable bonds is 6. The molecule has 0 amide bonds. The number of hydrogen-bond donors (Lipinski definition) is 3. The lowest BCUT2D eigenvalue weighted by Crippen LogP contribution is -2.29. The van der Waals surface area contributed by atoms with E-state index in [2.05, 4.69) is 29.6 Å². The van der Waals surface area contributed by atoms with Gasteiger partial charge < -0.3 is 15.5 Å². The van der Waals surface area contributed by atoms with Gasteiger partial charge in [-0.05, 0) is 59.4 Å². The molecule has 3 N–H and O–H groups in total. The Bertz CT molecular complexity index is 896. The van der Waals surface area contributed by atoms with E-state index in [1.165, 1.54) is 56.1 Å². The van der Waals surface area contributed by atoms with E-state index in [1.54, 1.807) is 24.3 Å². The maximum Gasteiger partial charge on any atom is 0.115 e. The van der Waals surface area contributed by atoms with Crippen LogP contribution in [-0.2, 0) is 6.54 Å². The summed E-state index contributed by atoms with van der Waals surface area (Å²) in [6.45, 7) is 0.855. The van der Waals surface area contributed by atoms with Gasteiger partial charge in [-0.1, -0.05) is 80.6 Å². The predicted molar refractivity (Wildman–Crippen MR) is 127 cm³/mol. The molecular weight excluding hydrogens is 382 g/mol. The lowest BCUT2D eigenvalue weighted by molar-refractivity contribution is 0.388. The van der Waals surface area contributed by atoms with Crippen LogP contribution >= 0.6 is 0 Å². The van der Waals surface area contributed by atoms with E-state index in [-0.39, 0.29) is 17.4 Å². The Balaban J connectivity index is 1.63. The summed E-state index contributed by atoms with van der Waals surface area (Å²) in [4.78, 5) is 0. The maximum absolute atomic E-state index is 9.80. The molecule has 0 radical (unpaired) electrons. The molecule has 4 rings (SSSR count). The average molecular weight is 416 g/mol. The minimum Gasteiger partial charge on any atom is -0.508 e. The van der Waals surface area contributed by atoms with Crippen LogP contribution in [0.1, 0.15) is 73.1 Å². The molecule has 0 heterocycles. The van der Waals surface area contributed by atoms with Crippen molar-refractivity contribution < 1.29 is 10.2 Å². The van der Waals surface area contributed by atoms with Crippen LogP contribution in [0.15, 0.2) is 72.8 Å². The van der Waals surface area contributed by atoms with Crippen LogP contribution in [0.4, 0.5) is 0 Å². The molecule has 1 fully saturated rings. The third-order valence-electron chi connectivity index (χ3n) is 6.51. The molecule has 3 aromatic carbocycles. The molecule has 0 atom stereocenters. The first kappa shape index (κ1) is 21.5. The number of benzene rings is 3. The second-order valence-corrected chi connectivity index (χ2v) is 8.74. The van der Waals surface area contributed by atoms with Gasteiger partial charge in [-0.2, -0.15) is 0 Å². The van der Waals surface area contributed by atoms with Gasteiger partial charge in [0.1, 0.15) is 11.5 Å². The molecule has 1 aliphatic carbocycles. The summed E-state index contributed by atoms with van der Waals surface area (Å²) in [5, 5.41) is 23.4. The Morgan fingerprint density at radius 1 is 0.677 bits per heavy atom. The van der Waals surface area contributed by atoms with E-state index in [1.807, 2.05) is 24.3 Å². The summed E-state index contributed by atoms with van der Waals surface area (Å²) in [7, 11) is 0. The zero-order chi connectivity index (χ0) is 21.5. The van der Waals surface area contributed by atoms with Crippen LogP contribution in [0.25, 0.3) is 0 Å². The highest BCUT2D eigenvalue weighted by atomic mass is 16.3. The zero-order valence-electron chi connectivity index (χ0n) is 18.1. The van der Waals surface area contributed by atoms with Crippen LogP contribution in [0.3, 0.4) is 0 Å². The van der Waals surface area contributed by atoms with Gasteiger partial charge in [0.05, 0.1) is 0 Å². The topological polar surface area (TPSA) is 52.5 Å². The molecule has 3 nitrogen and oxygen atoms in total. The highest BCUT2D eigenvalue weighted by molar-refractivity contribution is 5.48. The van der Waals surface area contributed by atoms with Crippen LogP contribution in [0.2, 0.25) is 0 Å². The molecule has 0 aliphatic heterocycles. The number of nitrogens with one attached hydrogen (secondary N) is 1. The molecule has 31 heavy (non-hydrogen) atoms. The summed E-state index contributed by atoms with van der Waals surface area (Å²) in [5.74, 6) is 0.580. The fraction of sp³-hybridized carbons (Fsp3) is 0.357. The van der Waals surface area contributed by atoms with Crippen LogP contribution in [0.5, 0.6) is 11.5 Å². The van der Waals surface area contributed by atoms with Crippen molar-refractivity contribution in [2.75, 3.05) is 0 Å². The highest BCUT2D eigenvalue weighted by Crippen LogP contribution is 2.35. The molecular formula is C28H33NO2. The van der Waals surface area contributed by atoms with Crippen LogP contribution in [-0.4, -0.2) is 16.3 Å². The second kappa shape index (κ2) is 10.5. The lowest BCUT2D eigenvalue weighted by atomic mass is 9.82. The van der Waals surface area contributed by atoms with Crippen molar-refractivity contribution in [3.05, 3.63) is 95.1 Å². The van der Waals surface area contributed by atoms with Crippen molar-refractivity contribution in [3.63, 3.8) is 0 Å². The summed E-state index contributed by atoms with van der Waals surface area (Å²) < 4.78 is 0. The third-order valence-corrected chi connectivity index (χ3v) is 6.51. The first-order valence-electron chi connectivity index (χ1n) is 11.6. The first-order chi connectivity index (χ1) is 15.2. The number of phenolic OH excluding ortho intramolecular Hbond substituents is 2. The van der Waals surface area contributed by atoms with Crippen molar-refractivity contribution in [2.45, 2.75) is 63.5 Å². The fourth-order valence-corrected chi connectivity index (χ4v) is 4.78. The van der Waals surface area contributed by atoms with Crippen molar-refractivity contribution in [2.24, 2.45) is 0 Å². The molecule has 0 aromatic heterocycles. The van der Waals surface area contributed by atoms with Gasteiger partial charge in [0.15, 0.2) is 0 Å². The van der Waals surface area contributed by atoms with Crippen LogP contribution in [0, 0.1) is 0 Å². The van der Waals surface area contributed by atoms with Gasteiger partial charge in [-0.15, -0.1) is 0 Å². The first-order valence-corrected chi connectivity index (χ1v) is 11.6. The van der Waals surface area contributed by atoms with Crippen molar-refractivity contribution in [1.29, 1.82) is 0 Å². The zero-order valence-corrected chi connectivity index (χ0v) is 18.1. The Morgan fingerprint density at radius 2 is 1.19 bits per heavy atom. The van der Waals surface area contributed by atoms with Gasteiger partial charge >= 0.3 is 0 Å². The van der Waals surface area contributed by atoms with E-state index in [0.29, 0.717) is 6.04 Å². The largest absolute Gasteiger partial charge is 0.508 e. The molecule has 3 heteroatoms. The average Bonchev–Trinajstić information content (AvgIpc) is 2.77. The summed E-state index contributed by atoms with van der Waals surface area (Å²) in [6.07, 6.45) is 9.28. The quantitative estimate of drug-likeness (QED) is 0.404. The minimum atomic E-state index is 0.0385. The SMILES string of the molecule is Oc1ccc(C(c2ccc(O)cc2)c2ccccc2CNC2CCCCCCC2)cc1. The number of hydrogen-bond acceptors (Lipinski definition) is 3. The third kappa shape index (κ3) is 5.68. The Morgan fingerprint density at radius 3 is 1.77 bits per heavy atom. The molecule has 162 valence electrons. The second-order valence-electron chi connectivity index (χ2n) is 8.74. The number of aromatic hydroxyl groups is 2. The van der Waals surface area contributed by atoms with Gasteiger partial charge in [-0.3, -0.25) is 0 Å². The van der Waals surface area contributed by atoms with Gasteiger partial charge in [0, 0.05) is 18.5 Å². The Hall–Kier alpha value is -2.78. The van der Waals surface area contributed by atoms with Gasteiger partial charge in [0.25, 0.3) is 0 Å². The summed E-state index contributed by atoms with van der Waals surface area (Å²) in [5.41, 5.74) is 4.82. The molecule has 1 saturated carbocycles. The fourth-order valence-electron chi connectivity index (χ4n) is 4.78. The molecule has 0 spiro atoms. The van der Waals surface area contributed by atoms with Crippen LogP contribution < -0.4 is 5.32 Å². The minimum absolute atomic E-state index is 0.0385. The van der Waals surface area contributed by atoms with Crippen molar-refractivity contribution in [3.8, 4) is 11.5 Å². The lowest BCUT2D eigenvalue weighted by Gasteiger charge is -2.25. The summed E-state index contributed by atoms with van der Waals surface area (Å²) >= 11 is 0. The normalized spacial score (nSPS) is 15.5. The molecule has 0 saturated heterocycles. The molecule has 1 aliphatic rings. The van der Waals surface area contributed by atoms with E-state index >= 15 is 0 Å².